The molecule has 1 unspecified atom stereocenters. The Morgan fingerprint density at radius 3 is 2.37 bits per heavy atom. The van der Waals surface area contributed by atoms with Crippen LogP contribution >= 0.6 is 24.0 Å². The molecule has 0 aliphatic rings. The van der Waals surface area contributed by atoms with Crippen LogP contribution in [0.15, 0.2) is 71.7 Å². The lowest BCUT2D eigenvalue weighted by atomic mass is 10.1. The molecule has 0 saturated carbocycles. The maximum absolute atomic E-state index is 10.7. The highest BCUT2D eigenvalue weighted by Crippen LogP contribution is 2.13. The molecule has 27 heavy (non-hydrogen) atoms. The summed E-state index contributed by atoms with van der Waals surface area (Å²) in [6.45, 7) is 8.95. The summed E-state index contributed by atoms with van der Waals surface area (Å²) in [7, 11) is 0. The number of nitrogens with one attached hydrogen (secondary N) is 2. The molecule has 0 radical (unpaired) electrons. The van der Waals surface area contributed by atoms with Gasteiger partial charge in [-0.15, -0.1) is 24.0 Å². The molecule has 6 nitrogen and oxygen atoms in total. The molecular weight excluding hydrogens is 455 g/mol. The van der Waals surface area contributed by atoms with Crippen molar-refractivity contribution in [1.29, 1.82) is 0 Å². The zero-order valence-electron chi connectivity index (χ0n) is 15.5. The fraction of sp³-hybridized carbons (Fsp3) is 0.250. The SMILES string of the molecule is C=C(C)CNC(=NCc1ccc([N+](=O)[O-])cc1)NC(C)c1ccccc1.I. The first-order valence-corrected chi connectivity index (χ1v) is 8.43. The van der Waals surface area contributed by atoms with Gasteiger partial charge in [0.05, 0.1) is 17.5 Å². The Labute approximate surface area is 177 Å². The van der Waals surface area contributed by atoms with Gasteiger partial charge in [-0.2, -0.15) is 0 Å². The van der Waals surface area contributed by atoms with E-state index in [9.17, 15) is 10.1 Å². The average Bonchev–Trinajstić information content (AvgIpc) is 2.64. The van der Waals surface area contributed by atoms with Crippen LogP contribution < -0.4 is 10.6 Å². The summed E-state index contributed by atoms with van der Waals surface area (Å²) in [6, 6.07) is 16.6. The van der Waals surface area contributed by atoms with Gasteiger partial charge < -0.3 is 10.6 Å². The summed E-state index contributed by atoms with van der Waals surface area (Å²) in [5.74, 6) is 0.669. The molecule has 2 aromatic carbocycles. The van der Waals surface area contributed by atoms with Gasteiger partial charge in [0.1, 0.15) is 0 Å². The van der Waals surface area contributed by atoms with Gasteiger partial charge in [-0.1, -0.05) is 54.6 Å². The molecule has 0 amide bonds. The number of guanidine groups is 1. The summed E-state index contributed by atoms with van der Waals surface area (Å²) < 4.78 is 0. The Hall–Kier alpha value is -2.42. The van der Waals surface area contributed by atoms with Gasteiger partial charge in [0.15, 0.2) is 5.96 Å². The summed E-state index contributed by atoms with van der Waals surface area (Å²) in [5.41, 5.74) is 3.14. The van der Waals surface area contributed by atoms with E-state index in [0.717, 1.165) is 16.7 Å². The van der Waals surface area contributed by atoms with Crippen LogP contribution in [0.2, 0.25) is 0 Å². The minimum absolute atomic E-state index is 0. The van der Waals surface area contributed by atoms with Crippen LogP contribution in [0, 0.1) is 10.1 Å². The summed E-state index contributed by atoms with van der Waals surface area (Å²) >= 11 is 0. The summed E-state index contributed by atoms with van der Waals surface area (Å²) in [6.07, 6.45) is 0. The largest absolute Gasteiger partial charge is 0.353 e. The normalized spacial score (nSPS) is 11.9. The second kappa shape index (κ2) is 11.3. The van der Waals surface area contributed by atoms with Crippen LogP contribution in [-0.4, -0.2) is 17.4 Å². The van der Waals surface area contributed by atoms with Crippen molar-refractivity contribution in [3.63, 3.8) is 0 Å². The minimum atomic E-state index is -0.407. The fourth-order valence-electron chi connectivity index (χ4n) is 2.31. The average molecular weight is 480 g/mol. The Morgan fingerprint density at radius 1 is 1.19 bits per heavy atom. The lowest BCUT2D eigenvalue weighted by molar-refractivity contribution is -0.384. The predicted octanol–water partition coefficient (Wildman–Crippen LogP) is 4.59. The van der Waals surface area contributed by atoms with Crippen molar-refractivity contribution in [2.45, 2.75) is 26.4 Å². The van der Waals surface area contributed by atoms with Crippen LogP contribution in [0.5, 0.6) is 0 Å². The molecule has 0 aliphatic heterocycles. The number of nitrogens with zero attached hydrogens (tertiary/aromatic N) is 2. The van der Waals surface area contributed by atoms with Crippen LogP contribution in [0.25, 0.3) is 0 Å². The Balaban J connectivity index is 0.00000364. The molecular formula is C20H25IN4O2. The molecule has 0 aliphatic carbocycles. The number of nitro groups is 1. The number of hydrogen-bond acceptors (Lipinski definition) is 3. The maximum Gasteiger partial charge on any atom is 0.269 e. The number of non-ortho nitro benzene ring substituents is 1. The first kappa shape index (κ1) is 22.6. The molecule has 0 spiro atoms. The van der Waals surface area contributed by atoms with Crippen molar-refractivity contribution in [2.24, 2.45) is 4.99 Å². The van der Waals surface area contributed by atoms with Crippen LogP contribution in [0.1, 0.15) is 31.0 Å². The van der Waals surface area contributed by atoms with E-state index in [1.807, 2.05) is 25.1 Å². The second-order valence-corrected chi connectivity index (χ2v) is 6.18. The summed E-state index contributed by atoms with van der Waals surface area (Å²) in [5, 5.41) is 17.4. The van der Waals surface area contributed by atoms with Gasteiger partial charge in [0.2, 0.25) is 0 Å². The molecule has 1 atom stereocenters. The number of halogens is 1. The maximum atomic E-state index is 10.7. The molecule has 7 heteroatoms. The van der Waals surface area contributed by atoms with Crippen LogP contribution in [0.4, 0.5) is 5.69 Å². The van der Waals surface area contributed by atoms with E-state index in [4.69, 9.17) is 0 Å². The fourth-order valence-corrected chi connectivity index (χ4v) is 2.31. The standard InChI is InChI=1S/C20H24N4O2.HI/c1-15(2)13-21-20(23-16(3)18-7-5-4-6-8-18)22-14-17-9-11-19(12-10-17)24(25)26;/h4-12,16H,1,13-14H2,2-3H3,(H2,21,22,23);1H. The minimum Gasteiger partial charge on any atom is -0.353 e. The molecule has 2 N–H and O–H groups in total. The molecule has 2 aromatic rings. The second-order valence-electron chi connectivity index (χ2n) is 6.18. The molecule has 2 rings (SSSR count). The highest BCUT2D eigenvalue weighted by atomic mass is 127. The first-order valence-electron chi connectivity index (χ1n) is 8.43. The number of rotatable bonds is 7. The highest BCUT2D eigenvalue weighted by Gasteiger charge is 2.08. The van der Waals surface area contributed by atoms with Gasteiger partial charge in [0, 0.05) is 18.7 Å². The van der Waals surface area contributed by atoms with E-state index in [1.165, 1.54) is 12.1 Å². The van der Waals surface area contributed by atoms with Gasteiger partial charge in [-0.25, -0.2) is 4.99 Å². The number of nitro benzene ring substituents is 1. The van der Waals surface area contributed by atoms with Crippen molar-refractivity contribution in [3.05, 3.63) is 88.0 Å². The van der Waals surface area contributed by atoms with E-state index in [2.05, 4.69) is 41.3 Å². The Kier molecular flexibility index (Phi) is 9.49. The van der Waals surface area contributed by atoms with Gasteiger partial charge in [-0.05, 0) is 25.0 Å². The van der Waals surface area contributed by atoms with Gasteiger partial charge in [0.25, 0.3) is 5.69 Å². The molecule has 0 saturated heterocycles. The van der Waals surface area contributed by atoms with Crippen molar-refractivity contribution < 1.29 is 4.92 Å². The number of aliphatic imine (C=N–C) groups is 1. The Morgan fingerprint density at radius 2 is 1.81 bits per heavy atom. The third-order valence-electron chi connectivity index (χ3n) is 3.78. The van der Waals surface area contributed by atoms with Gasteiger partial charge >= 0.3 is 0 Å². The smallest absolute Gasteiger partial charge is 0.269 e. The molecule has 0 bridgehead atoms. The quantitative estimate of drug-likeness (QED) is 0.152. The van der Waals surface area contributed by atoms with E-state index >= 15 is 0 Å². The molecule has 0 aromatic heterocycles. The topological polar surface area (TPSA) is 79.6 Å². The van der Waals surface area contributed by atoms with E-state index < -0.39 is 4.92 Å². The Bertz CT molecular complexity index is 776. The van der Waals surface area contributed by atoms with Crippen molar-refractivity contribution in [1.82, 2.24) is 10.6 Å². The zero-order chi connectivity index (χ0) is 18.9. The first-order chi connectivity index (χ1) is 12.5. The molecule has 0 heterocycles. The number of hydrogen-bond donors (Lipinski definition) is 2. The lowest BCUT2D eigenvalue weighted by Gasteiger charge is -2.19. The van der Waals surface area contributed by atoms with Crippen LogP contribution in [0.3, 0.4) is 0 Å². The van der Waals surface area contributed by atoms with Gasteiger partial charge in [-0.3, -0.25) is 10.1 Å². The lowest BCUT2D eigenvalue weighted by Crippen LogP contribution is -2.39. The molecule has 0 fully saturated rings. The van der Waals surface area contributed by atoms with Crippen molar-refractivity contribution >= 4 is 35.6 Å². The summed E-state index contributed by atoms with van der Waals surface area (Å²) in [4.78, 5) is 14.9. The molecule has 144 valence electrons. The third-order valence-corrected chi connectivity index (χ3v) is 3.78. The third kappa shape index (κ3) is 7.78. The van der Waals surface area contributed by atoms with E-state index in [-0.39, 0.29) is 35.7 Å². The zero-order valence-corrected chi connectivity index (χ0v) is 17.8. The van der Waals surface area contributed by atoms with E-state index in [0.29, 0.717) is 19.0 Å². The number of benzene rings is 2. The monoisotopic (exact) mass is 480 g/mol. The van der Waals surface area contributed by atoms with Crippen molar-refractivity contribution in [2.75, 3.05) is 6.54 Å². The van der Waals surface area contributed by atoms with Crippen molar-refractivity contribution in [3.8, 4) is 0 Å². The van der Waals surface area contributed by atoms with Crippen LogP contribution in [-0.2, 0) is 6.54 Å². The van der Waals surface area contributed by atoms with E-state index in [1.54, 1.807) is 12.1 Å². The predicted molar refractivity (Wildman–Crippen MR) is 120 cm³/mol. The highest BCUT2D eigenvalue weighted by molar-refractivity contribution is 14.0.